The van der Waals surface area contributed by atoms with Crippen molar-refractivity contribution in [3.8, 4) is 22.6 Å². The lowest BCUT2D eigenvalue weighted by atomic mass is 10.0. The number of rotatable bonds is 4. The van der Waals surface area contributed by atoms with Gasteiger partial charge in [0, 0.05) is 11.9 Å². The average Bonchev–Trinajstić information content (AvgIpc) is 3.38. The minimum Gasteiger partial charge on any atom is -0.318 e. The van der Waals surface area contributed by atoms with Crippen LogP contribution in [0.5, 0.6) is 0 Å². The van der Waals surface area contributed by atoms with Gasteiger partial charge < -0.3 is 4.57 Å². The van der Waals surface area contributed by atoms with Crippen LogP contribution in [-0.2, 0) is 6.54 Å². The zero-order valence-electron chi connectivity index (χ0n) is 14.6. The average molecular weight is 367 g/mol. The number of aromatic nitrogens is 3. The number of thiazole rings is 1. The number of hydrogen-bond acceptors (Lipinski definition) is 3. The molecule has 0 bridgehead atoms. The molecule has 0 saturated heterocycles. The van der Waals surface area contributed by atoms with Crippen molar-refractivity contribution in [1.82, 2.24) is 14.5 Å². The summed E-state index contributed by atoms with van der Waals surface area (Å²) in [5.41, 5.74) is 8.63. The largest absolute Gasteiger partial charge is 0.318 e. The number of hydrogen-bond donors (Lipinski definition) is 0. The van der Waals surface area contributed by atoms with E-state index in [1.807, 2.05) is 17.6 Å². The van der Waals surface area contributed by atoms with Gasteiger partial charge in [-0.05, 0) is 28.8 Å². The summed E-state index contributed by atoms with van der Waals surface area (Å²) in [6.07, 6.45) is 0. The van der Waals surface area contributed by atoms with E-state index in [4.69, 9.17) is 4.98 Å². The Morgan fingerprint density at radius 2 is 1.52 bits per heavy atom. The maximum Gasteiger partial charge on any atom is 0.160 e. The lowest BCUT2D eigenvalue weighted by Gasteiger charge is -2.09. The molecule has 0 unspecified atom stereocenters. The first-order valence-electron chi connectivity index (χ1n) is 8.87. The second-order valence-corrected chi connectivity index (χ2v) is 7.17. The fourth-order valence-corrected chi connectivity index (χ4v) is 3.90. The van der Waals surface area contributed by atoms with E-state index in [2.05, 4.69) is 81.7 Å². The molecule has 3 aromatic carbocycles. The molecule has 0 N–H and O–H groups in total. The lowest BCUT2D eigenvalue weighted by molar-refractivity contribution is 0.831. The molecule has 0 atom stereocenters. The zero-order valence-corrected chi connectivity index (χ0v) is 15.4. The molecule has 0 aliphatic rings. The third-order valence-electron chi connectivity index (χ3n) is 4.72. The molecule has 0 saturated carbocycles. The summed E-state index contributed by atoms with van der Waals surface area (Å²) >= 11 is 1.59. The molecule has 0 spiro atoms. The molecule has 0 radical (unpaired) electrons. The highest BCUT2D eigenvalue weighted by Crippen LogP contribution is 2.26. The van der Waals surface area contributed by atoms with E-state index in [0.717, 1.165) is 29.1 Å². The number of para-hydroxylation sites is 2. The van der Waals surface area contributed by atoms with Crippen molar-refractivity contribution >= 4 is 22.4 Å². The lowest BCUT2D eigenvalue weighted by Crippen LogP contribution is -2.02. The number of nitrogens with zero attached hydrogens (tertiary/aromatic N) is 3. The number of benzene rings is 3. The summed E-state index contributed by atoms with van der Waals surface area (Å²) in [7, 11) is 0. The van der Waals surface area contributed by atoms with Gasteiger partial charge in [0.05, 0.1) is 16.5 Å². The topological polar surface area (TPSA) is 30.7 Å². The summed E-state index contributed by atoms with van der Waals surface area (Å²) < 4.78 is 2.25. The Hall–Kier alpha value is -3.24. The van der Waals surface area contributed by atoms with Crippen molar-refractivity contribution in [3.63, 3.8) is 0 Å². The van der Waals surface area contributed by atoms with E-state index in [9.17, 15) is 0 Å². The summed E-state index contributed by atoms with van der Waals surface area (Å²) in [5.74, 6) is 0.921. The smallest absolute Gasteiger partial charge is 0.160 e. The van der Waals surface area contributed by atoms with Gasteiger partial charge in [-0.15, -0.1) is 11.3 Å². The van der Waals surface area contributed by atoms with Crippen LogP contribution in [0.3, 0.4) is 0 Å². The third-order valence-corrected chi connectivity index (χ3v) is 5.30. The zero-order chi connectivity index (χ0) is 18.1. The van der Waals surface area contributed by atoms with Crippen LogP contribution < -0.4 is 0 Å². The van der Waals surface area contributed by atoms with Crippen LogP contribution in [0.2, 0.25) is 0 Å². The third kappa shape index (κ3) is 3.04. The predicted octanol–water partition coefficient (Wildman–Crippen LogP) is 5.88. The van der Waals surface area contributed by atoms with E-state index in [1.54, 1.807) is 11.3 Å². The number of fused-ring (bicyclic) bond motifs is 1. The number of imidazole rings is 1. The van der Waals surface area contributed by atoms with Gasteiger partial charge in [-0.2, -0.15) is 0 Å². The Morgan fingerprint density at radius 1 is 0.778 bits per heavy atom. The molecule has 2 heterocycles. The molecule has 0 aliphatic heterocycles. The van der Waals surface area contributed by atoms with E-state index >= 15 is 0 Å². The van der Waals surface area contributed by atoms with Crippen LogP contribution in [0.1, 0.15) is 5.56 Å². The molecule has 0 fully saturated rings. The summed E-state index contributed by atoms with van der Waals surface area (Å²) in [6, 6.07) is 27.5. The Labute approximate surface area is 161 Å². The second kappa shape index (κ2) is 6.82. The van der Waals surface area contributed by atoms with E-state index in [1.165, 1.54) is 16.7 Å². The van der Waals surface area contributed by atoms with Gasteiger partial charge in [-0.3, -0.25) is 0 Å². The molecule has 2 aromatic heterocycles. The molecule has 4 heteroatoms. The van der Waals surface area contributed by atoms with Gasteiger partial charge in [0.25, 0.3) is 0 Å². The first-order chi connectivity index (χ1) is 13.4. The van der Waals surface area contributed by atoms with Gasteiger partial charge in [-0.1, -0.05) is 66.7 Å². The Morgan fingerprint density at radius 3 is 2.30 bits per heavy atom. The van der Waals surface area contributed by atoms with Crippen molar-refractivity contribution in [1.29, 1.82) is 0 Å². The van der Waals surface area contributed by atoms with Gasteiger partial charge in [-0.25, -0.2) is 9.97 Å². The molecule has 3 nitrogen and oxygen atoms in total. The fourth-order valence-electron chi connectivity index (χ4n) is 3.37. The molecule has 130 valence electrons. The van der Waals surface area contributed by atoms with Gasteiger partial charge in [0.1, 0.15) is 5.69 Å². The van der Waals surface area contributed by atoms with E-state index in [-0.39, 0.29) is 0 Å². The molecular weight excluding hydrogens is 350 g/mol. The standard InChI is InChI=1S/C23H17N3S/c1-2-6-18(7-3-1)19-12-10-17(11-13-19)14-26-22-9-5-4-8-20(22)25-23(26)21-15-27-16-24-21/h1-13,15-16H,14H2. The predicted molar refractivity (Wildman–Crippen MR) is 112 cm³/mol. The quantitative estimate of drug-likeness (QED) is 0.397. The van der Waals surface area contributed by atoms with E-state index in [0.29, 0.717) is 0 Å². The van der Waals surface area contributed by atoms with Gasteiger partial charge in [0.2, 0.25) is 0 Å². The second-order valence-electron chi connectivity index (χ2n) is 6.45. The molecule has 5 aromatic rings. The highest BCUT2D eigenvalue weighted by atomic mass is 32.1. The molecule has 0 aliphatic carbocycles. The Kier molecular flexibility index (Phi) is 4.03. The van der Waals surface area contributed by atoms with Crippen LogP contribution in [-0.4, -0.2) is 14.5 Å². The maximum absolute atomic E-state index is 4.82. The molecule has 0 amide bonds. The first-order valence-corrected chi connectivity index (χ1v) is 9.81. The molecule has 27 heavy (non-hydrogen) atoms. The molecular formula is C23H17N3S. The van der Waals surface area contributed by atoms with Crippen LogP contribution in [0.15, 0.2) is 89.8 Å². The first kappa shape index (κ1) is 16.0. The minimum atomic E-state index is 0.766. The van der Waals surface area contributed by atoms with Crippen LogP contribution in [0, 0.1) is 0 Å². The van der Waals surface area contributed by atoms with Crippen molar-refractivity contribution in [3.05, 3.63) is 95.3 Å². The van der Waals surface area contributed by atoms with Crippen LogP contribution in [0.4, 0.5) is 0 Å². The highest BCUT2D eigenvalue weighted by Gasteiger charge is 2.14. The van der Waals surface area contributed by atoms with Crippen molar-refractivity contribution in [2.75, 3.05) is 0 Å². The van der Waals surface area contributed by atoms with Crippen molar-refractivity contribution in [2.24, 2.45) is 0 Å². The SMILES string of the molecule is c1ccc(-c2ccc(Cn3c(-c4cscn4)nc4ccccc43)cc2)cc1. The summed E-state index contributed by atoms with van der Waals surface area (Å²) in [6.45, 7) is 0.766. The maximum atomic E-state index is 4.82. The Bertz CT molecular complexity index is 1170. The van der Waals surface area contributed by atoms with Crippen LogP contribution >= 0.6 is 11.3 Å². The van der Waals surface area contributed by atoms with Gasteiger partial charge in [0.15, 0.2) is 5.82 Å². The normalized spacial score (nSPS) is 11.1. The summed E-state index contributed by atoms with van der Waals surface area (Å²) in [4.78, 5) is 9.30. The van der Waals surface area contributed by atoms with Crippen LogP contribution in [0.25, 0.3) is 33.7 Å². The molecule has 5 rings (SSSR count). The minimum absolute atomic E-state index is 0.766. The fraction of sp³-hybridized carbons (Fsp3) is 0.0435. The highest BCUT2D eigenvalue weighted by molar-refractivity contribution is 7.07. The van der Waals surface area contributed by atoms with Crippen molar-refractivity contribution in [2.45, 2.75) is 6.54 Å². The Balaban J connectivity index is 1.54. The van der Waals surface area contributed by atoms with Crippen molar-refractivity contribution < 1.29 is 0 Å². The summed E-state index contributed by atoms with van der Waals surface area (Å²) in [5, 5.41) is 2.05. The monoisotopic (exact) mass is 367 g/mol. The van der Waals surface area contributed by atoms with Gasteiger partial charge >= 0.3 is 0 Å². The van der Waals surface area contributed by atoms with E-state index < -0.39 is 0 Å².